The van der Waals surface area contributed by atoms with Crippen molar-refractivity contribution in [3.8, 4) is 0 Å². The van der Waals surface area contributed by atoms with E-state index in [1.54, 1.807) is 0 Å². The van der Waals surface area contributed by atoms with Crippen molar-refractivity contribution < 1.29 is 0 Å². The van der Waals surface area contributed by atoms with Crippen molar-refractivity contribution in [1.82, 2.24) is 4.98 Å². The first-order valence-corrected chi connectivity index (χ1v) is 7.04. The maximum Gasteiger partial charge on any atom is 0.0963 e. The first-order valence-electron chi connectivity index (χ1n) is 5.73. The maximum absolute atomic E-state index is 6.43. The molecule has 0 aromatic carbocycles. The van der Waals surface area contributed by atoms with Gasteiger partial charge in [-0.25, -0.2) is 4.98 Å². The maximum atomic E-state index is 6.43. The van der Waals surface area contributed by atoms with Crippen LogP contribution in [0.15, 0.2) is 41.6 Å². The summed E-state index contributed by atoms with van der Waals surface area (Å²) in [4.78, 5) is 4.35. The zero-order valence-electron chi connectivity index (χ0n) is 9.18. The van der Waals surface area contributed by atoms with Crippen LogP contribution in [0.5, 0.6) is 0 Å². The van der Waals surface area contributed by atoms with Gasteiger partial charge in [0.15, 0.2) is 0 Å². The van der Waals surface area contributed by atoms with Crippen LogP contribution in [0, 0.1) is 0 Å². The first-order chi connectivity index (χ1) is 7.86. The molecule has 0 aliphatic heterocycles. The Balaban J connectivity index is 1.99. The third-order valence-corrected chi connectivity index (χ3v) is 4.73. The Morgan fingerprint density at radius 1 is 1.19 bits per heavy atom. The van der Waals surface area contributed by atoms with Crippen molar-refractivity contribution >= 4 is 23.4 Å². The second kappa shape index (κ2) is 6.31. The molecule has 0 spiro atoms. The molecule has 0 N–H and O–H groups in total. The van der Waals surface area contributed by atoms with Crippen molar-refractivity contribution in [3.05, 3.63) is 36.5 Å². The van der Waals surface area contributed by atoms with Crippen LogP contribution in [0.25, 0.3) is 0 Å². The molecule has 3 heteroatoms. The van der Waals surface area contributed by atoms with Crippen LogP contribution in [0.3, 0.4) is 0 Å². The predicted molar refractivity (Wildman–Crippen MR) is 71.1 cm³/mol. The number of pyridine rings is 1. The smallest absolute Gasteiger partial charge is 0.0963 e. The molecule has 0 bridgehead atoms. The molecule has 1 heterocycles. The summed E-state index contributed by atoms with van der Waals surface area (Å²) in [5.74, 6) is 0. The van der Waals surface area contributed by atoms with Crippen LogP contribution in [-0.4, -0.2) is 15.6 Å². The molecule has 86 valence electrons. The van der Waals surface area contributed by atoms with Gasteiger partial charge >= 0.3 is 0 Å². The lowest BCUT2D eigenvalue weighted by atomic mass is 10.1. The zero-order chi connectivity index (χ0) is 11.2. The molecule has 2 atom stereocenters. The molecule has 0 saturated heterocycles. The van der Waals surface area contributed by atoms with Gasteiger partial charge in [0.25, 0.3) is 0 Å². The zero-order valence-corrected chi connectivity index (χ0v) is 10.8. The van der Waals surface area contributed by atoms with Crippen LogP contribution in [0.4, 0.5) is 0 Å². The summed E-state index contributed by atoms with van der Waals surface area (Å²) in [6, 6.07) is 6.04. The molecule has 1 nitrogen and oxygen atoms in total. The molecule has 0 radical (unpaired) electrons. The number of aromatic nitrogens is 1. The quantitative estimate of drug-likeness (QED) is 0.576. The highest BCUT2D eigenvalue weighted by molar-refractivity contribution is 8.00. The molecule has 16 heavy (non-hydrogen) atoms. The molecule has 1 aliphatic carbocycles. The fourth-order valence-electron chi connectivity index (χ4n) is 1.82. The molecule has 0 saturated carbocycles. The third kappa shape index (κ3) is 3.53. The largest absolute Gasteiger partial charge is 0.250 e. The van der Waals surface area contributed by atoms with Gasteiger partial charge < -0.3 is 0 Å². The highest BCUT2D eigenvalue weighted by Crippen LogP contribution is 2.32. The topological polar surface area (TPSA) is 12.9 Å². The van der Waals surface area contributed by atoms with E-state index in [9.17, 15) is 0 Å². The van der Waals surface area contributed by atoms with Gasteiger partial charge in [-0.2, -0.15) is 0 Å². The predicted octanol–water partition coefficient (Wildman–Crippen LogP) is 4.28. The number of hydrogen-bond donors (Lipinski definition) is 0. The van der Waals surface area contributed by atoms with Crippen molar-refractivity contribution in [1.29, 1.82) is 0 Å². The van der Waals surface area contributed by atoms with Crippen LogP contribution < -0.4 is 0 Å². The van der Waals surface area contributed by atoms with E-state index in [0.717, 1.165) is 30.7 Å². The number of nitrogens with zero attached hydrogens (tertiary/aromatic N) is 1. The van der Waals surface area contributed by atoms with Crippen LogP contribution >= 0.6 is 23.4 Å². The van der Waals surface area contributed by atoms with Gasteiger partial charge in [0.2, 0.25) is 0 Å². The summed E-state index contributed by atoms with van der Waals surface area (Å²) in [5.41, 5.74) is 0. The Kier molecular flexibility index (Phi) is 4.73. The minimum absolute atomic E-state index is 0.261. The van der Waals surface area contributed by atoms with Gasteiger partial charge in [0, 0.05) is 16.8 Å². The van der Waals surface area contributed by atoms with E-state index in [4.69, 9.17) is 11.6 Å². The fraction of sp³-hybridized carbons (Fsp3) is 0.462. The summed E-state index contributed by atoms with van der Waals surface area (Å²) in [7, 11) is 0. The average Bonchev–Trinajstić information content (AvgIpc) is 2.30. The molecule has 0 fully saturated rings. The van der Waals surface area contributed by atoms with Gasteiger partial charge in [0.05, 0.1) is 5.03 Å². The minimum atomic E-state index is 0.261. The van der Waals surface area contributed by atoms with E-state index in [0.29, 0.717) is 5.25 Å². The van der Waals surface area contributed by atoms with E-state index < -0.39 is 0 Å². The van der Waals surface area contributed by atoms with Crippen LogP contribution in [0.2, 0.25) is 0 Å². The lowest BCUT2D eigenvalue weighted by molar-refractivity contribution is 0.660. The van der Waals surface area contributed by atoms with Crippen molar-refractivity contribution in [2.45, 2.75) is 41.3 Å². The van der Waals surface area contributed by atoms with Crippen LogP contribution in [-0.2, 0) is 0 Å². The van der Waals surface area contributed by atoms with E-state index in [1.165, 1.54) is 0 Å². The van der Waals surface area contributed by atoms with Crippen LogP contribution in [0.1, 0.15) is 25.7 Å². The van der Waals surface area contributed by atoms with Gasteiger partial charge in [-0.05, 0) is 37.8 Å². The Hall–Kier alpha value is -0.470. The lowest BCUT2D eigenvalue weighted by Crippen LogP contribution is -2.18. The highest BCUT2D eigenvalue weighted by atomic mass is 35.5. The van der Waals surface area contributed by atoms with E-state index in [1.807, 2.05) is 30.1 Å². The Bertz CT molecular complexity index is 339. The van der Waals surface area contributed by atoms with Gasteiger partial charge in [-0.3, -0.25) is 0 Å². The summed E-state index contributed by atoms with van der Waals surface area (Å²) >= 11 is 8.25. The Labute approximate surface area is 106 Å². The molecule has 0 amide bonds. The summed E-state index contributed by atoms with van der Waals surface area (Å²) in [5, 5.41) is 1.83. The second-order valence-corrected chi connectivity index (χ2v) is 5.79. The molecule has 2 rings (SSSR count). The van der Waals surface area contributed by atoms with Crippen molar-refractivity contribution in [3.63, 3.8) is 0 Å². The summed E-state index contributed by atoms with van der Waals surface area (Å²) in [6.07, 6.45) is 10.8. The first kappa shape index (κ1) is 12.0. The van der Waals surface area contributed by atoms with Gasteiger partial charge in [-0.1, -0.05) is 18.2 Å². The van der Waals surface area contributed by atoms with Crippen molar-refractivity contribution in [2.24, 2.45) is 0 Å². The van der Waals surface area contributed by atoms with E-state index >= 15 is 0 Å². The summed E-state index contributed by atoms with van der Waals surface area (Å²) < 4.78 is 0. The molecular weight excluding hydrogens is 238 g/mol. The van der Waals surface area contributed by atoms with Gasteiger partial charge in [-0.15, -0.1) is 23.4 Å². The van der Waals surface area contributed by atoms with E-state index in [-0.39, 0.29) is 5.38 Å². The highest BCUT2D eigenvalue weighted by Gasteiger charge is 2.20. The average molecular weight is 254 g/mol. The molecule has 1 aromatic heterocycles. The second-order valence-electron chi connectivity index (χ2n) is 3.97. The standard InChI is InChI=1S/C13H16ClNS/c14-11-7-3-1-2-4-8-12(11)16-13-9-5-6-10-15-13/h1-2,5-6,9-12H,3-4,7-8H2/b2-1-. The van der Waals surface area contributed by atoms with E-state index in [2.05, 4.69) is 23.2 Å². The number of alkyl halides is 1. The molecule has 1 aromatic rings. The molecule has 2 unspecified atom stereocenters. The Morgan fingerprint density at radius 3 is 2.75 bits per heavy atom. The number of rotatable bonds is 2. The SMILES string of the molecule is ClC1CC/C=C\CCC1Sc1ccccn1. The summed E-state index contributed by atoms with van der Waals surface area (Å²) in [6.45, 7) is 0. The monoisotopic (exact) mass is 253 g/mol. The normalized spacial score (nSPS) is 28.1. The lowest BCUT2D eigenvalue weighted by Gasteiger charge is -2.22. The molecular formula is C13H16ClNS. The molecule has 1 aliphatic rings. The number of thioether (sulfide) groups is 1. The number of halogens is 1. The Morgan fingerprint density at radius 2 is 2.00 bits per heavy atom. The number of allylic oxidation sites excluding steroid dienone is 2. The van der Waals surface area contributed by atoms with Gasteiger partial charge in [0.1, 0.15) is 0 Å². The minimum Gasteiger partial charge on any atom is -0.250 e. The van der Waals surface area contributed by atoms with Crippen molar-refractivity contribution in [2.75, 3.05) is 0 Å². The number of hydrogen-bond acceptors (Lipinski definition) is 2. The fourth-order valence-corrected chi connectivity index (χ4v) is 3.36. The third-order valence-electron chi connectivity index (χ3n) is 2.71.